The minimum atomic E-state index is -4.68. The lowest BCUT2D eigenvalue weighted by Crippen LogP contribution is -2.33. The lowest BCUT2D eigenvalue weighted by molar-refractivity contribution is -0.137. The van der Waals surface area contributed by atoms with E-state index in [0.717, 1.165) is 57.5 Å². The van der Waals surface area contributed by atoms with E-state index >= 15 is 0 Å². The zero-order valence-electron chi connectivity index (χ0n) is 24.0. The Kier molecular flexibility index (Phi) is 8.93. The van der Waals surface area contributed by atoms with Gasteiger partial charge in [-0.2, -0.15) is 0 Å². The van der Waals surface area contributed by atoms with Crippen molar-refractivity contribution in [2.45, 2.75) is 46.1 Å². The third-order valence-corrected chi connectivity index (χ3v) is 7.73. The Balaban J connectivity index is 1.43. The van der Waals surface area contributed by atoms with Crippen molar-refractivity contribution in [1.82, 2.24) is 19.4 Å². The summed E-state index contributed by atoms with van der Waals surface area (Å²) in [6.45, 7) is 5.18. The van der Waals surface area contributed by atoms with Gasteiger partial charge in [-0.25, -0.2) is 14.5 Å². The van der Waals surface area contributed by atoms with Crippen molar-refractivity contribution >= 4 is 47.4 Å². The molecule has 4 aromatic rings. The molecule has 0 atom stereocenters. The lowest BCUT2D eigenvalue weighted by Gasteiger charge is -2.14. The van der Waals surface area contributed by atoms with Crippen LogP contribution in [0, 0.1) is 6.92 Å². The van der Waals surface area contributed by atoms with Crippen LogP contribution >= 0.6 is 7.82 Å². The predicted molar refractivity (Wildman–Crippen MR) is 161 cm³/mol. The Labute approximate surface area is 248 Å². The smallest absolute Gasteiger partial charge is 0.404 e. The molecule has 0 spiro atoms. The number of phosphoric ester groups is 1. The van der Waals surface area contributed by atoms with E-state index in [9.17, 15) is 23.9 Å². The number of hydrogen-bond donors (Lipinski definition) is 3. The van der Waals surface area contributed by atoms with Crippen molar-refractivity contribution in [3.05, 3.63) is 71.1 Å². The number of imide groups is 1. The highest BCUT2D eigenvalue weighted by molar-refractivity contribution is 7.46. The van der Waals surface area contributed by atoms with Crippen molar-refractivity contribution in [1.29, 1.82) is 0 Å². The molecule has 0 saturated heterocycles. The molecule has 0 unspecified atom stereocenters. The Bertz CT molecular complexity index is 1760. The van der Waals surface area contributed by atoms with Crippen molar-refractivity contribution in [3.63, 3.8) is 0 Å². The van der Waals surface area contributed by atoms with Gasteiger partial charge < -0.3 is 19.6 Å². The fourth-order valence-electron chi connectivity index (χ4n) is 5.18. The molecule has 0 saturated carbocycles. The van der Waals surface area contributed by atoms with E-state index in [1.807, 2.05) is 18.2 Å². The van der Waals surface area contributed by atoms with Crippen LogP contribution in [0.15, 0.2) is 48.6 Å². The van der Waals surface area contributed by atoms with Gasteiger partial charge in [0.05, 0.1) is 30.8 Å². The van der Waals surface area contributed by atoms with Gasteiger partial charge in [0, 0.05) is 30.5 Å². The van der Waals surface area contributed by atoms with Crippen LogP contribution in [0.1, 0.15) is 42.3 Å². The monoisotopic (exact) mass is 607 g/mol. The number of phosphoric acid groups is 1. The summed E-state index contributed by atoms with van der Waals surface area (Å²) >= 11 is 0. The summed E-state index contributed by atoms with van der Waals surface area (Å²) < 4.78 is 24.0. The van der Waals surface area contributed by atoms with Crippen molar-refractivity contribution in [2.24, 2.45) is 0 Å². The molecule has 3 heterocycles. The van der Waals surface area contributed by atoms with Crippen LogP contribution in [0.25, 0.3) is 21.9 Å². The number of benzene rings is 2. The van der Waals surface area contributed by atoms with Crippen LogP contribution < -0.4 is 10.3 Å². The molecule has 2 aromatic heterocycles. The average Bonchev–Trinajstić information content (AvgIpc) is 3.48. The molecule has 43 heavy (non-hydrogen) atoms. The van der Waals surface area contributed by atoms with Crippen LogP contribution in [0.4, 0.5) is 5.82 Å². The number of aryl methyl sites for hydroxylation is 2. The molecule has 0 fully saturated rings. The van der Waals surface area contributed by atoms with Crippen LogP contribution in [-0.2, 0) is 38.3 Å². The first-order chi connectivity index (χ1) is 20.5. The summed E-state index contributed by atoms with van der Waals surface area (Å²) in [5, 5.41) is 0.898. The van der Waals surface area contributed by atoms with E-state index in [1.165, 1.54) is 12.2 Å². The van der Waals surface area contributed by atoms with Crippen LogP contribution in [0.3, 0.4) is 0 Å². The molecular formula is C30H34N5O7P. The standard InChI is InChI=1S/C30H34N5O7P/c1-3-4-5-25-33-28-29(35(25)18-21-7-9-24(19(2)16-21)42-43(38,39)40)22-17-20(6-8-23(22)32-30(28)31)12-14-41-15-13-34-26(36)10-11-27(34)37/h6-11,16-17H,3-5,12-15,18H2,1-2H3,(H2,31,32)(H2,38,39,40). The third kappa shape index (κ3) is 6.94. The molecule has 226 valence electrons. The molecule has 2 aromatic carbocycles. The molecular weight excluding hydrogens is 573 g/mol. The molecule has 4 N–H and O–H groups in total. The fraction of sp³-hybridized carbons (Fsp3) is 0.333. The number of hydrogen-bond acceptors (Lipinski definition) is 8. The molecule has 0 radical (unpaired) electrons. The van der Waals surface area contributed by atoms with Gasteiger partial charge in [0.1, 0.15) is 17.1 Å². The summed E-state index contributed by atoms with van der Waals surface area (Å²) in [5.41, 5.74) is 11.2. The Morgan fingerprint density at radius 1 is 0.977 bits per heavy atom. The largest absolute Gasteiger partial charge is 0.524 e. The number of pyridine rings is 1. The Morgan fingerprint density at radius 2 is 1.72 bits per heavy atom. The second kappa shape index (κ2) is 12.6. The van der Waals surface area contributed by atoms with Gasteiger partial charge in [0.15, 0.2) is 5.82 Å². The average molecular weight is 608 g/mol. The number of unbranched alkanes of at least 4 members (excludes halogenated alkanes) is 1. The molecule has 5 rings (SSSR count). The van der Waals surface area contributed by atoms with Gasteiger partial charge >= 0.3 is 7.82 Å². The second-order valence-corrected chi connectivity index (χ2v) is 11.6. The Morgan fingerprint density at radius 3 is 2.42 bits per heavy atom. The first kappa shape index (κ1) is 30.4. The molecule has 2 amide bonds. The number of ether oxygens (including phenoxy) is 1. The zero-order chi connectivity index (χ0) is 30.7. The van der Waals surface area contributed by atoms with Crippen LogP contribution in [-0.4, -0.2) is 60.8 Å². The minimum Gasteiger partial charge on any atom is -0.404 e. The topological polar surface area (TPSA) is 170 Å². The fourth-order valence-corrected chi connectivity index (χ4v) is 5.64. The van der Waals surface area contributed by atoms with Crippen LogP contribution in [0.5, 0.6) is 5.75 Å². The van der Waals surface area contributed by atoms with Gasteiger partial charge in [-0.15, -0.1) is 0 Å². The highest BCUT2D eigenvalue weighted by Gasteiger charge is 2.23. The number of nitrogens with two attached hydrogens (primary N) is 1. The maximum Gasteiger partial charge on any atom is 0.524 e. The summed E-state index contributed by atoms with van der Waals surface area (Å²) in [6, 6.07) is 11.2. The molecule has 0 bridgehead atoms. The first-order valence-electron chi connectivity index (χ1n) is 14.1. The Hall–Kier alpha value is -4.09. The van der Waals surface area contributed by atoms with Gasteiger partial charge in [-0.1, -0.05) is 31.5 Å². The minimum absolute atomic E-state index is 0.125. The number of carbonyl (C=O) groups excluding carboxylic acids is 2. The third-order valence-electron chi connectivity index (χ3n) is 7.29. The van der Waals surface area contributed by atoms with E-state index < -0.39 is 7.82 Å². The molecule has 12 nitrogen and oxygen atoms in total. The summed E-state index contributed by atoms with van der Waals surface area (Å²) in [4.78, 5) is 52.6. The van der Waals surface area contributed by atoms with E-state index in [0.29, 0.717) is 36.5 Å². The lowest BCUT2D eigenvalue weighted by atomic mass is 10.1. The molecule has 13 heteroatoms. The number of nitrogen functional groups attached to an aromatic ring is 1. The van der Waals surface area contributed by atoms with Gasteiger partial charge in [0.25, 0.3) is 11.8 Å². The van der Waals surface area contributed by atoms with Gasteiger partial charge in [-0.3, -0.25) is 24.3 Å². The van der Waals surface area contributed by atoms with E-state index in [-0.39, 0.29) is 30.7 Å². The van der Waals surface area contributed by atoms with Gasteiger partial charge in [0.2, 0.25) is 0 Å². The quantitative estimate of drug-likeness (QED) is 0.115. The maximum absolute atomic E-state index is 11.7. The summed E-state index contributed by atoms with van der Waals surface area (Å²) in [7, 11) is -4.68. The van der Waals surface area contributed by atoms with E-state index in [2.05, 4.69) is 22.5 Å². The number of aromatic nitrogens is 3. The normalized spacial score (nSPS) is 13.6. The van der Waals surface area contributed by atoms with Crippen molar-refractivity contribution < 1.29 is 33.2 Å². The number of carbonyl (C=O) groups is 2. The zero-order valence-corrected chi connectivity index (χ0v) is 24.9. The van der Waals surface area contributed by atoms with E-state index in [4.69, 9.17) is 20.0 Å². The number of rotatable bonds is 13. The SMILES string of the molecule is CCCCc1nc2c(N)nc3ccc(CCOCCN4C(=O)C=CC4=O)cc3c2n1Cc1ccc(OP(=O)(O)O)c(C)c1. The number of amides is 2. The molecule has 1 aliphatic heterocycles. The number of fused-ring (bicyclic) bond motifs is 3. The highest BCUT2D eigenvalue weighted by atomic mass is 31.2. The van der Waals surface area contributed by atoms with E-state index in [1.54, 1.807) is 19.1 Å². The first-order valence-corrected chi connectivity index (χ1v) is 15.6. The summed E-state index contributed by atoms with van der Waals surface area (Å²) in [5.74, 6) is 0.695. The second-order valence-electron chi connectivity index (χ2n) is 10.5. The van der Waals surface area contributed by atoms with Gasteiger partial charge in [-0.05, 0) is 54.7 Å². The number of imidazole rings is 1. The van der Waals surface area contributed by atoms with Crippen molar-refractivity contribution in [2.75, 3.05) is 25.5 Å². The van der Waals surface area contributed by atoms with Crippen LogP contribution in [0.2, 0.25) is 0 Å². The maximum atomic E-state index is 11.7. The molecule has 0 aliphatic carbocycles. The highest BCUT2D eigenvalue weighted by Crippen LogP contribution is 2.39. The molecule has 1 aliphatic rings. The number of anilines is 1. The van der Waals surface area contributed by atoms with Crippen molar-refractivity contribution in [3.8, 4) is 5.75 Å². The number of nitrogens with zero attached hydrogens (tertiary/aromatic N) is 4. The predicted octanol–water partition coefficient (Wildman–Crippen LogP) is 3.82. The summed E-state index contributed by atoms with van der Waals surface area (Å²) in [6.07, 6.45) is 5.80.